The SMILES string of the molecule is CN(C)CCCNCc1cc(Cl)c2c(c1)OCCO2. The van der Waals surface area contributed by atoms with E-state index < -0.39 is 0 Å². The Morgan fingerprint density at radius 2 is 2.05 bits per heavy atom. The molecule has 1 aliphatic heterocycles. The van der Waals surface area contributed by atoms with E-state index in [9.17, 15) is 0 Å². The van der Waals surface area contributed by atoms with Crippen molar-refractivity contribution in [1.82, 2.24) is 10.2 Å². The van der Waals surface area contributed by atoms with E-state index in [0.29, 0.717) is 24.0 Å². The van der Waals surface area contributed by atoms with Gasteiger partial charge in [-0.05, 0) is 51.3 Å². The summed E-state index contributed by atoms with van der Waals surface area (Å²) in [5, 5.41) is 4.04. The van der Waals surface area contributed by atoms with Crippen molar-refractivity contribution in [3.8, 4) is 11.5 Å². The Kier molecular flexibility index (Phi) is 5.31. The zero-order chi connectivity index (χ0) is 13.7. The summed E-state index contributed by atoms with van der Waals surface area (Å²) < 4.78 is 11.1. The van der Waals surface area contributed by atoms with E-state index in [4.69, 9.17) is 21.1 Å². The first kappa shape index (κ1) is 14.4. The van der Waals surface area contributed by atoms with Gasteiger partial charge >= 0.3 is 0 Å². The van der Waals surface area contributed by atoms with Crippen LogP contribution in [-0.2, 0) is 6.54 Å². The average molecular weight is 285 g/mol. The number of fused-ring (bicyclic) bond motifs is 1. The number of halogens is 1. The summed E-state index contributed by atoms with van der Waals surface area (Å²) in [5.74, 6) is 1.42. The molecule has 5 heteroatoms. The Hall–Kier alpha value is -0.970. The molecule has 0 unspecified atom stereocenters. The van der Waals surface area contributed by atoms with Crippen molar-refractivity contribution < 1.29 is 9.47 Å². The second-order valence-electron chi connectivity index (χ2n) is 4.94. The lowest BCUT2D eigenvalue weighted by atomic mass is 10.2. The van der Waals surface area contributed by atoms with Crippen molar-refractivity contribution >= 4 is 11.6 Å². The quantitative estimate of drug-likeness (QED) is 0.812. The lowest BCUT2D eigenvalue weighted by molar-refractivity contribution is 0.171. The molecule has 4 nitrogen and oxygen atoms in total. The first-order chi connectivity index (χ1) is 9.16. The predicted molar refractivity (Wildman–Crippen MR) is 77.3 cm³/mol. The molecule has 0 bridgehead atoms. The number of rotatable bonds is 6. The van der Waals surface area contributed by atoms with E-state index in [2.05, 4.69) is 24.3 Å². The minimum atomic E-state index is 0.564. The fourth-order valence-electron chi connectivity index (χ4n) is 2.02. The van der Waals surface area contributed by atoms with Crippen LogP contribution in [0, 0.1) is 0 Å². The molecule has 0 aromatic heterocycles. The summed E-state index contributed by atoms with van der Waals surface area (Å²) in [6.45, 7) is 4.03. The van der Waals surface area contributed by atoms with Crippen LogP contribution in [0.15, 0.2) is 12.1 Å². The number of hydrogen-bond acceptors (Lipinski definition) is 4. The summed E-state index contributed by atoms with van der Waals surface area (Å²) in [7, 11) is 4.17. The van der Waals surface area contributed by atoms with E-state index in [1.165, 1.54) is 0 Å². The van der Waals surface area contributed by atoms with E-state index >= 15 is 0 Å². The van der Waals surface area contributed by atoms with E-state index in [-0.39, 0.29) is 0 Å². The van der Waals surface area contributed by atoms with Crippen LogP contribution in [0.5, 0.6) is 11.5 Å². The van der Waals surface area contributed by atoms with Crippen molar-refractivity contribution in [3.05, 3.63) is 22.7 Å². The molecule has 1 aromatic rings. The van der Waals surface area contributed by atoms with Crippen molar-refractivity contribution in [2.24, 2.45) is 0 Å². The zero-order valence-corrected chi connectivity index (χ0v) is 12.3. The smallest absolute Gasteiger partial charge is 0.179 e. The molecule has 1 N–H and O–H groups in total. The van der Waals surface area contributed by atoms with Crippen LogP contribution in [0.2, 0.25) is 5.02 Å². The largest absolute Gasteiger partial charge is 0.486 e. The maximum Gasteiger partial charge on any atom is 0.179 e. The van der Waals surface area contributed by atoms with Crippen LogP contribution in [0.3, 0.4) is 0 Å². The van der Waals surface area contributed by atoms with E-state index in [1.807, 2.05) is 12.1 Å². The Labute approximate surface area is 119 Å². The molecule has 0 fully saturated rings. The third-order valence-corrected chi connectivity index (χ3v) is 3.23. The second-order valence-corrected chi connectivity index (χ2v) is 5.34. The summed E-state index contributed by atoms with van der Waals surface area (Å²) >= 11 is 6.19. The monoisotopic (exact) mass is 284 g/mol. The van der Waals surface area contributed by atoms with Gasteiger partial charge in [-0.25, -0.2) is 0 Å². The molecule has 0 saturated carbocycles. The van der Waals surface area contributed by atoms with Gasteiger partial charge in [0.15, 0.2) is 11.5 Å². The number of nitrogens with one attached hydrogen (secondary N) is 1. The van der Waals surface area contributed by atoms with Gasteiger partial charge in [-0.3, -0.25) is 0 Å². The maximum atomic E-state index is 6.19. The van der Waals surface area contributed by atoms with Gasteiger partial charge in [-0.1, -0.05) is 11.6 Å². The molecule has 0 spiro atoms. The molecule has 0 radical (unpaired) electrons. The van der Waals surface area contributed by atoms with Gasteiger partial charge in [0.05, 0.1) is 5.02 Å². The third-order valence-electron chi connectivity index (χ3n) is 2.94. The van der Waals surface area contributed by atoms with E-state index in [1.54, 1.807) is 0 Å². The molecule has 0 saturated heterocycles. The summed E-state index contributed by atoms with van der Waals surface area (Å²) in [6.07, 6.45) is 1.13. The predicted octanol–water partition coefficient (Wildman–Crippen LogP) is 2.15. The maximum absolute atomic E-state index is 6.19. The van der Waals surface area contributed by atoms with Crippen LogP contribution < -0.4 is 14.8 Å². The van der Waals surface area contributed by atoms with E-state index in [0.717, 1.165) is 37.4 Å². The van der Waals surface area contributed by atoms with Crippen molar-refractivity contribution in [1.29, 1.82) is 0 Å². The highest BCUT2D eigenvalue weighted by molar-refractivity contribution is 6.32. The molecule has 2 rings (SSSR count). The Balaban J connectivity index is 1.85. The first-order valence-electron chi connectivity index (χ1n) is 6.60. The lowest BCUT2D eigenvalue weighted by Gasteiger charge is -2.20. The number of ether oxygens (including phenoxy) is 2. The average Bonchev–Trinajstić information content (AvgIpc) is 2.38. The fraction of sp³-hybridized carbons (Fsp3) is 0.571. The molecule has 1 aromatic carbocycles. The molecule has 1 aliphatic rings. The highest BCUT2D eigenvalue weighted by Gasteiger charge is 2.16. The molecular formula is C14H21ClN2O2. The number of benzene rings is 1. The molecule has 19 heavy (non-hydrogen) atoms. The van der Waals surface area contributed by atoms with Crippen LogP contribution in [0.1, 0.15) is 12.0 Å². The van der Waals surface area contributed by atoms with Gasteiger partial charge in [-0.15, -0.1) is 0 Å². The summed E-state index contributed by atoms with van der Waals surface area (Å²) in [6, 6.07) is 3.94. The van der Waals surface area contributed by atoms with Gasteiger partial charge in [0.1, 0.15) is 13.2 Å². The molecule has 0 aliphatic carbocycles. The van der Waals surface area contributed by atoms with Gasteiger partial charge < -0.3 is 19.7 Å². The molecule has 0 amide bonds. The minimum absolute atomic E-state index is 0.564. The Bertz CT molecular complexity index is 424. The van der Waals surface area contributed by atoms with Gasteiger partial charge in [0.2, 0.25) is 0 Å². The summed E-state index contributed by atoms with van der Waals surface area (Å²) in [4.78, 5) is 2.18. The van der Waals surface area contributed by atoms with Crippen molar-refractivity contribution in [3.63, 3.8) is 0 Å². The number of hydrogen-bond donors (Lipinski definition) is 1. The molecular weight excluding hydrogens is 264 g/mol. The van der Waals surface area contributed by atoms with Gasteiger partial charge in [0.25, 0.3) is 0 Å². The Morgan fingerprint density at radius 3 is 2.84 bits per heavy atom. The Morgan fingerprint density at radius 1 is 1.26 bits per heavy atom. The van der Waals surface area contributed by atoms with Gasteiger partial charge in [0, 0.05) is 6.54 Å². The van der Waals surface area contributed by atoms with Crippen LogP contribution in [0.25, 0.3) is 0 Å². The topological polar surface area (TPSA) is 33.7 Å². The highest BCUT2D eigenvalue weighted by atomic mass is 35.5. The highest BCUT2D eigenvalue weighted by Crippen LogP contribution is 2.38. The second kappa shape index (κ2) is 6.98. The standard InChI is InChI=1S/C14H21ClN2O2/c1-17(2)5-3-4-16-10-11-8-12(15)14-13(9-11)18-6-7-19-14/h8-9,16H,3-7,10H2,1-2H3. The molecule has 0 atom stereocenters. The van der Waals surface area contributed by atoms with Crippen molar-refractivity contribution in [2.45, 2.75) is 13.0 Å². The minimum Gasteiger partial charge on any atom is -0.486 e. The zero-order valence-electron chi connectivity index (χ0n) is 11.5. The normalized spacial score (nSPS) is 13.9. The van der Waals surface area contributed by atoms with Crippen LogP contribution in [0.4, 0.5) is 0 Å². The molecule has 1 heterocycles. The van der Waals surface area contributed by atoms with Crippen LogP contribution >= 0.6 is 11.6 Å². The third kappa shape index (κ3) is 4.27. The van der Waals surface area contributed by atoms with Crippen molar-refractivity contribution in [2.75, 3.05) is 40.4 Å². The fourth-order valence-corrected chi connectivity index (χ4v) is 2.31. The van der Waals surface area contributed by atoms with Gasteiger partial charge in [-0.2, -0.15) is 0 Å². The van der Waals surface area contributed by atoms with Crippen LogP contribution in [-0.4, -0.2) is 45.3 Å². The lowest BCUT2D eigenvalue weighted by Crippen LogP contribution is -2.21. The molecule has 106 valence electrons. The first-order valence-corrected chi connectivity index (χ1v) is 6.98. The number of nitrogens with zero attached hydrogens (tertiary/aromatic N) is 1. The summed E-state index contributed by atoms with van der Waals surface area (Å²) in [5.41, 5.74) is 1.12.